The number of anilines is 1. The highest BCUT2D eigenvalue weighted by Crippen LogP contribution is 2.21. The minimum Gasteiger partial charge on any atom is -0.352 e. The normalized spacial score (nSPS) is 15.1. The zero-order chi connectivity index (χ0) is 27.0. The highest BCUT2D eigenvalue weighted by molar-refractivity contribution is 7.92. The molecule has 3 rings (SSSR count). The summed E-state index contributed by atoms with van der Waals surface area (Å²) in [7, 11) is -3.52. The van der Waals surface area contributed by atoms with Crippen LogP contribution in [0.2, 0.25) is 5.02 Å². The molecule has 0 spiro atoms. The van der Waals surface area contributed by atoms with Gasteiger partial charge in [0.1, 0.15) is 6.04 Å². The molecule has 1 aliphatic rings. The number of amides is 2. The largest absolute Gasteiger partial charge is 0.352 e. The van der Waals surface area contributed by atoms with Gasteiger partial charge in [0.2, 0.25) is 21.8 Å². The molecule has 37 heavy (non-hydrogen) atoms. The third-order valence-electron chi connectivity index (χ3n) is 6.86. The molecule has 0 heterocycles. The molecule has 0 saturated heterocycles. The van der Waals surface area contributed by atoms with Gasteiger partial charge in [-0.05, 0) is 62.9 Å². The van der Waals surface area contributed by atoms with E-state index in [0.29, 0.717) is 17.1 Å². The van der Waals surface area contributed by atoms with Crippen molar-refractivity contribution in [3.63, 3.8) is 0 Å². The lowest BCUT2D eigenvalue weighted by Gasteiger charge is -2.31. The van der Waals surface area contributed by atoms with Gasteiger partial charge in [-0.15, -0.1) is 0 Å². The predicted molar refractivity (Wildman–Crippen MR) is 149 cm³/mol. The summed E-state index contributed by atoms with van der Waals surface area (Å²) in [6.45, 7) is 4.13. The Hall–Kier alpha value is -2.58. The Balaban J connectivity index is 1.70. The minimum absolute atomic E-state index is 0.118. The summed E-state index contributed by atoms with van der Waals surface area (Å²) in [5.41, 5.74) is 2.47. The van der Waals surface area contributed by atoms with Gasteiger partial charge in [-0.3, -0.25) is 13.9 Å². The van der Waals surface area contributed by atoms with Crippen LogP contribution in [0.1, 0.15) is 63.0 Å². The molecule has 1 N–H and O–H groups in total. The van der Waals surface area contributed by atoms with Gasteiger partial charge in [-0.25, -0.2) is 8.42 Å². The van der Waals surface area contributed by atoms with Crippen molar-refractivity contribution in [1.29, 1.82) is 0 Å². The Morgan fingerprint density at radius 2 is 1.65 bits per heavy atom. The van der Waals surface area contributed by atoms with E-state index in [-0.39, 0.29) is 37.4 Å². The molecule has 2 aromatic carbocycles. The van der Waals surface area contributed by atoms with Crippen LogP contribution in [0, 0.1) is 6.92 Å². The van der Waals surface area contributed by atoms with E-state index in [4.69, 9.17) is 11.6 Å². The number of nitrogens with one attached hydrogen (secondary N) is 1. The Labute approximate surface area is 226 Å². The minimum atomic E-state index is -3.52. The molecule has 1 unspecified atom stereocenters. The molecule has 9 heteroatoms. The second-order valence-electron chi connectivity index (χ2n) is 9.94. The number of hydrogen-bond donors (Lipinski definition) is 1. The smallest absolute Gasteiger partial charge is 0.242 e. The number of carbonyl (C=O) groups is 2. The molecule has 0 aliphatic heterocycles. The topological polar surface area (TPSA) is 86.8 Å². The van der Waals surface area contributed by atoms with Crippen molar-refractivity contribution in [2.24, 2.45) is 0 Å². The SMILES string of the molecule is Cc1ccc(N(CCCC(=O)N(Cc2ccc(Cl)cc2)C(C)C(=O)NC2CCCCC2)S(C)(=O)=O)cc1. The van der Waals surface area contributed by atoms with Crippen molar-refractivity contribution in [3.05, 3.63) is 64.7 Å². The lowest BCUT2D eigenvalue weighted by molar-refractivity contribution is -0.141. The number of hydrogen-bond acceptors (Lipinski definition) is 4. The van der Waals surface area contributed by atoms with E-state index in [1.807, 2.05) is 31.2 Å². The van der Waals surface area contributed by atoms with Crippen LogP contribution in [0.3, 0.4) is 0 Å². The fraction of sp³-hybridized carbons (Fsp3) is 0.500. The summed E-state index contributed by atoms with van der Waals surface area (Å²) in [5, 5.41) is 3.73. The van der Waals surface area contributed by atoms with E-state index in [1.165, 1.54) is 17.0 Å². The van der Waals surface area contributed by atoms with Gasteiger partial charge in [0, 0.05) is 30.6 Å². The van der Waals surface area contributed by atoms with Crippen LogP contribution in [0.25, 0.3) is 0 Å². The maximum Gasteiger partial charge on any atom is 0.242 e. The van der Waals surface area contributed by atoms with Crippen molar-refractivity contribution in [2.45, 2.75) is 77.4 Å². The van der Waals surface area contributed by atoms with Gasteiger partial charge in [0.25, 0.3) is 0 Å². The molecule has 1 saturated carbocycles. The Morgan fingerprint density at radius 1 is 1.03 bits per heavy atom. The molecule has 1 atom stereocenters. The Morgan fingerprint density at radius 3 is 2.24 bits per heavy atom. The van der Waals surface area contributed by atoms with E-state index in [2.05, 4.69) is 5.32 Å². The summed E-state index contributed by atoms with van der Waals surface area (Å²) in [6, 6.07) is 14.0. The van der Waals surface area contributed by atoms with Crippen molar-refractivity contribution < 1.29 is 18.0 Å². The second kappa shape index (κ2) is 13.3. The monoisotopic (exact) mass is 547 g/mol. The molecule has 202 valence electrons. The van der Waals surface area contributed by atoms with Crippen molar-refractivity contribution in [2.75, 3.05) is 17.1 Å². The number of nitrogens with zero attached hydrogens (tertiary/aromatic N) is 2. The van der Waals surface area contributed by atoms with Crippen LogP contribution < -0.4 is 9.62 Å². The number of halogens is 1. The molecule has 2 amide bonds. The maximum atomic E-state index is 13.4. The quantitative estimate of drug-likeness (QED) is 0.426. The van der Waals surface area contributed by atoms with Gasteiger partial charge in [0.15, 0.2) is 0 Å². The molecule has 0 bridgehead atoms. The number of benzene rings is 2. The molecule has 0 aromatic heterocycles. The molecule has 1 aliphatic carbocycles. The van der Waals surface area contributed by atoms with Gasteiger partial charge in [-0.1, -0.05) is 60.7 Å². The van der Waals surface area contributed by atoms with Gasteiger partial charge < -0.3 is 10.2 Å². The predicted octanol–water partition coefficient (Wildman–Crippen LogP) is 5.06. The van der Waals surface area contributed by atoms with E-state index >= 15 is 0 Å². The zero-order valence-corrected chi connectivity index (χ0v) is 23.5. The number of aryl methyl sites for hydroxylation is 1. The first-order valence-electron chi connectivity index (χ1n) is 12.9. The molecular weight excluding hydrogens is 510 g/mol. The number of carbonyl (C=O) groups excluding carboxylic acids is 2. The van der Waals surface area contributed by atoms with Crippen LogP contribution in [0.15, 0.2) is 48.5 Å². The zero-order valence-electron chi connectivity index (χ0n) is 22.0. The van der Waals surface area contributed by atoms with Crippen molar-refractivity contribution in [1.82, 2.24) is 10.2 Å². The molecular formula is C28H38ClN3O4S. The first-order chi connectivity index (χ1) is 17.5. The number of sulfonamides is 1. The van der Waals surface area contributed by atoms with Gasteiger partial charge in [-0.2, -0.15) is 0 Å². The highest BCUT2D eigenvalue weighted by Gasteiger charge is 2.28. The molecule has 0 radical (unpaired) electrons. The fourth-order valence-corrected chi connectivity index (χ4v) is 5.74. The lowest BCUT2D eigenvalue weighted by Crippen LogP contribution is -2.50. The third kappa shape index (κ3) is 8.75. The average molecular weight is 548 g/mol. The van der Waals surface area contributed by atoms with E-state index < -0.39 is 16.1 Å². The van der Waals surface area contributed by atoms with E-state index in [9.17, 15) is 18.0 Å². The first-order valence-corrected chi connectivity index (χ1v) is 15.2. The van der Waals surface area contributed by atoms with Crippen LogP contribution in [0.4, 0.5) is 5.69 Å². The molecule has 2 aromatic rings. The summed E-state index contributed by atoms with van der Waals surface area (Å²) < 4.78 is 26.2. The fourth-order valence-electron chi connectivity index (χ4n) is 4.65. The Bertz CT molecular complexity index is 1150. The molecule has 1 fully saturated rings. The summed E-state index contributed by atoms with van der Waals surface area (Å²) >= 11 is 6.03. The van der Waals surface area contributed by atoms with Crippen LogP contribution in [-0.2, 0) is 26.2 Å². The summed E-state index contributed by atoms with van der Waals surface area (Å²) in [4.78, 5) is 28.1. The highest BCUT2D eigenvalue weighted by atomic mass is 35.5. The summed E-state index contributed by atoms with van der Waals surface area (Å²) in [6.07, 6.45) is 6.93. The Kier molecular flexibility index (Phi) is 10.4. The molecule has 7 nitrogen and oxygen atoms in total. The second-order valence-corrected chi connectivity index (χ2v) is 12.3. The van der Waals surface area contributed by atoms with E-state index in [1.54, 1.807) is 36.1 Å². The van der Waals surface area contributed by atoms with Gasteiger partial charge in [0.05, 0.1) is 11.9 Å². The lowest BCUT2D eigenvalue weighted by atomic mass is 9.95. The van der Waals surface area contributed by atoms with Crippen molar-refractivity contribution >= 4 is 39.1 Å². The summed E-state index contributed by atoms with van der Waals surface area (Å²) in [5.74, 6) is -0.356. The van der Waals surface area contributed by atoms with Gasteiger partial charge >= 0.3 is 0 Å². The van der Waals surface area contributed by atoms with Crippen molar-refractivity contribution in [3.8, 4) is 0 Å². The van der Waals surface area contributed by atoms with Crippen LogP contribution in [0.5, 0.6) is 0 Å². The third-order valence-corrected chi connectivity index (χ3v) is 8.31. The van der Waals surface area contributed by atoms with Crippen LogP contribution >= 0.6 is 11.6 Å². The van der Waals surface area contributed by atoms with E-state index in [0.717, 1.165) is 36.8 Å². The first kappa shape index (κ1) is 29.0. The number of rotatable bonds is 11. The standard InChI is InChI=1S/C28H38ClN3O4S/c1-21-11-17-26(18-12-21)32(37(3,35)36)19-7-10-27(33)31(20-23-13-15-24(29)16-14-23)22(2)28(34)30-25-8-5-4-6-9-25/h11-18,22,25H,4-10,19-20H2,1-3H3,(H,30,34). The van der Waals surface area contributed by atoms with Crippen LogP contribution in [-0.4, -0.2) is 50.0 Å². The maximum absolute atomic E-state index is 13.4. The average Bonchev–Trinajstić information content (AvgIpc) is 2.86.